The molecule has 144 valence electrons. The Hall–Kier alpha value is -2.17. The van der Waals surface area contributed by atoms with Gasteiger partial charge >= 0.3 is 6.18 Å². The minimum atomic E-state index is -4.69. The second kappa shape index (κ2) is 8.02. The van der Waals surface area contributed by atoms with Crippen LogP contribution in [0.4, 0.5) is 24.5 Å². The molecule has 7 nitrogen and oxygen atoms in total. The molecule has 3 N–H and O–H groups in total. The number of ether oxygens (including phenoxy) is 1. The maximum atomic E-state index is 13.5. The third-order valence-electron chi connectivity index (χ3n) is 4.00. The van der Waals surface area contributed by atoms with Gasteiger partial charge in [0.15, 0.2) is 0 Å². The number of anilines is 2. The molecule has 10 heteroatoms. The monoisotopic (exact) mass is 374 g/mol. The van der Waals surface area contributed by atoms with E-state index in [1.807, 2.05) is 0 Å². The molecule has 1 heterocycles. The predicted octanol–water partition coefficient (Wildman–Crippen LogP) is 0.896. The molecule has 0 unspecified atom stereocenters. The Morgan fingerprint density at radius 3 is 2.65 bits per heavy atom. The normalized spacial score (nSPS) is 16.7. The third kappa shape index (κ3) is 4.51. The van der Waals surface area contributed by atoms with Gasteiger partial charge in [-0.3, -0.25) is 14.5 Å². The van der Waals surface area contributed by atoms with Gasteiger partial charge in [0.1, 0.15) is 12.6 Å². The number of benzene rings is 1. The summed E-state index contributed by atoms with van der Waals surface area (Å²) in [4.78, 5) is 26.7. The number of nitrogens with zero attached hydrogens (tertiary/aromatic N) is 2. The first kappa shape index (κ1) is 20.1. The van der Waals surface area contributed by atoms with E-state index in [1.54, 1.807) is 19.0 Å². The van der Waals surface area contributed by atoms with E-state index in [0.717, 1.165) is 11.0 Å². The van der Waals surface area contributed by atoms with Crippen molar-refractivity contribution in [1.82, 2.24) is 4.90 Å². The smallest absolute Gasteiger partial charge is 0.370 e. The van der Waals surface area contributed by atoms with Crippen LogP contribution in [0.1, 0.15) is 5.56 Å². The summed E-state index contributed by atoms with van der Waals surface area (Å²) in [5.41, 5.74) is 4.25. The number of hydrogen-bond acceptors (Lipinski definition) is 5. The summed E-state index contributed by atoms with van der Waals surface area (Å²) in [6, 6.07) is 2.65. The predicted molar refractivity (Wildman–Crippen MR) is 89.8 cm³/mol. The fourth-order valence-corrected chi connectivity index (χ4v) is 2.63. The van der Waals surface area contributed by atoms with Crippen LogP contribution in [0.5, 0.6) is 0 Å². The number of carbonyl (C=O) groups is 2. The SMILES string of the molecule is CN(C)[C@H](CN)C(=O)Nc1ccc(N2CCOCC2=O)c(C(F)(F)F)c1. The van der Waals surface area contributed by atoms with E-state index in [4.69, 9.17) is 10.5 Å². The van der Waals surface area contributed by atoms with Crippen molar-refractivity contribution in [2.45, 2.75) is 12.2 Å². The zero-order valence-electron chi connectivity index (χ0n) is 14.5. The highest BCUT2D eigenvalue weighted by Crippen LogP contribution is 2.38. The summed E-state index contributed by atoms with van der Waals surface area (Å²) in [5.74, 6) is -1.06. The molecule has 2 rings (SSSR count). The molecule has 2 amide bonds. The molecule has 0 radical (unpaired) electrons. The molecule has 1 atom stereocenters. The van der Waals surface area contributed by atoms with Gasteiger partial charge in [-0.05, 0) is 32.3 Å². The molecule has 1 aliphatic heterocycles. The molecule has 1 aromatic rings. The van der Waals surface area contributed by atoms with Crippen molar-refractivity contribution in [2.75, 3.05) is 50.6 Å². The van der Waals surface area contributed by atoms with Crippen LogP contribution in [0.25, 0.3) is 0 Å². The topological polar surface area (TPSA) is 87.9 Å². The molecule has 1 aromatic carbocycles. The van der Waals surface area contributed by atoms with Crippen molar-refractivity contribution in [3.63, 3.8) is 0 Å². The van der Waals surface area contributed by atoms with E-state index in [2.05, 4.69) is 5.32 Å². The van der Waals surface area contributed by atoms with Gasteiger partial charge in [-0.2, -0.15) is 13.2 Å². The lowest BCUT2D eigenvalue weighted by Gasteiger charge is -2.29. The summed E-state index contributed by atoms with van der Waals surface area (Å²) in [6.45, 7) is -0.0614. The van der Waals surface area contributed by atoms with Gasteiger partial charge in [0.25, 0.3) is 5.91 Å². The molecule has 1 aliphatic rings. The van der Waals surface area contributed by atoms with Crippen molar-refractivity contribution in [3.8, 4) is 0 Å². The minimum Gasteiger partial charge on any atom is -0.370 e. The van der Waals surface area contributed by atoms with Crippen molar-refractivity contribution in [2.24, 2.45) is 5.73 Å². The molecule has 1 fully saturated rings. The number of likely N-dealkylation sites (N-methyl/N-ethyl adjacent to an activating group) is 1. The van der Waals surface area contributed by atoms with E-state index in [9.17, 15) is 22.8 Å². The van der Waals surface area contributed by atoms with E-state index in [0.29, 0.717) is 0 Å². The Bertz CT molecular complexity index is 679. The second-order valence-corrected chi connectivity index (χ2v) is 6.03. The average Bonchev–Trinajstić information content (AvgIpc) is 2.55. The minimum absolute atomic E-state index is 0.0192. The Kier molecular flexibility index (Phi) is 6.21. The first-order valence-corrected chi connectivity index (χ1v) is 7.92. The van der Waals surface area contributed by atoms with Crippen LogP contribution in [0.15, 0.2) is 18.2 Å². The lowest BCUT2D eigenvalue weighted by Crippen LogP contribution is -2.45. The van der Waals surface area contributed by atoms with E-state index >= 15 is 0 Å². The highest BCUT2D eigenvalue weighted by molar-refractivity contribution is 5.97. The van der Waals surface area contributed by atoms with Crippen LogP contribution in [-0.4, -0.2) is 63.2 Å². The first-order valence-electron chi connectivity index (χ1n) is 7.92. The Balaban J connectivity index is 2.34. The molecular weight excluding hydrogens is 353 g/mol. The van der Waals surface area contributed by atoms with Gasteiger partial charge in [0.2, 0.25) is 5.91 Å². The van der Waals surface area contributed by atoms with E-state index in [-0.39, 0.29) is 37.7 Å². The van der Waals surface area contributed by atoms with Gasteiger partial charge < -0.3 is 20.7 Å². The third-order valence-corrected chi connectivity index (χ3v) is 4.00. The Morgan fingerprint density at radius 1 is 1.42 bits per heavy atom. The lowest BCUT2D eigenvalue weighted by atomic mass is 10.1. The molecule has 0 bridgehead atoms. The van der Waals surface area contributed by atoms with Crippen LogP contribution >= 0.6 is 0 Å². The van der Waals surface area contributed by atoms with Gasteiger partial charge in [-0.25, -0.2) is 0 Å². The van der Waals surface area contributed by atoms with Gasteiger partial charge in [-0.1, -0.05) is 0 Å². The number of nitrogens with one attached hydrogen (secondary N) is 1. The zero-order chi connectivity index (χ0) is 19.5. The molecular formula is C16H21F3N4O3. The fourth-order valence-electron chi connectivity index (χ4n) is 2.63. The Labute approximate surface area is 148 Å². The summed E-state index contributed by atoms with van der Waals surface area (Å²) in [7, 11) is 3.29. The highest BCUT2D eigenvalue weighted by atomic mass is 19.4. The van der Waals surface area contributed by atoms with Gasteiger partial charge in [-0.15, -0.1) is 0 Å². The standard InChI is InChI=1S/C16H21F3N4O3/c1-22(2)13(8-20)15(25)21-10-3-4-12(11(7-10)16(17,18)19)23-5-6-26-9-14(23)24/h3-4,7,13H,5-6,8-9,20H2,1-2H3,(H,21,25)/t13-/m1/s1. The lowest BCUT2D eigenvalue weighted by molar-refractivity contribution is -0.137. The maximum absolute atomic E-state index is 13.5. The summed E-state index contributed by atoms with van der Waals surface area (Å²) in [5, 5.41) is 2.44. The van der Waals surface area contributed by atoms with Crippen LogP contribution in [0, 0.1) is 0 Å². The summed E-state index contributed by atoms with van der Waals surface area (Å²) < 4.78 is 45.4. The van der Waals surface area contributed by atoms with Gasteiger partial charge in [0.05, 0.1) is 17.9 Å². The second-order valence-electron chi connectivity index (χ2n) is 6.03. The number of hydrogen-bond donors (Lipinski definition) is 2. The number of nitrogens with two attached hydrogens (primary N) is 1. The van der Waals surface area contributed by atoms with Crippen LogP contribution in [0.2, 0.25) is 0 Å². The Morgan fingerprint density at radius 2 is 2.12 bits per heavy atom. The molecule has 0 aliphatic carbocycles. The van der Waals surface area contributed by atoms with Crippen molar-refractivity contribution >= 4 is 23.2 Å². The molecule has 0 saturated carbocycles. The first-order chi connectivity index (χ1) is 12.1. The van der Waals surface area contributed by atoms with Crippen molar-refractivity contribution < 1.29 is 27.5 Å². The number of carbonyl (C=O) groups excluding carboxylic acids is 2. The largest absolute Gasteiger partial charge is 0.418 e. The van der Waals surface area contributed by atoms with E-state index in [1.165, 1.54) is 12.1 Å². The quantitative estimate of drug-likeness (QED) is 0.800. The van der Waals surface area contributed by atoms with Crippen LogP contribution in [-0.2, 0) is 20.5 Å². The van der Waals surface area contributed by atoms with Crippen molar-refractivity contribution in [1.29, 1.82) is 0 Å². The number of morpholine rings is 1. The number of halogens is 3. The number of amides is 2. The average molecular weight is 374 g/mol. The van der Waals surface area contributed by atoms with Gasteiger partial charge in [0, 0.05) is 18.8 Å². The van der Waals surface area contributed by atoms with E-state index < -0.39 is 29.6 Å². The fraction of sp³-hybridized carbons (Fsp3) is 0.500. The molecule has 0 aromatic heterocycles. The number of rotatable bonds is 5. The highest BCUT2D eigenvalue weighted by Gasteiger charge is 2.37. The molecule has 0 spiro atoms. The molecule has 1 saturated heterocycles. The number of alkyl halides is 3. The van der Waals surface area contributed by atoms with Crippen LogP contribution < -0.4 is 16.0 Å². The molecule has 26 heavy (non-hydrogen) atoms. The maximum Gasteiger partial charge on any atom is 0.418 e. The van der Waals surface area contributed by atoms with Crippen molar-refractivity contribution in [3.05, 3.63) is 23.8 Å². The summed E-state index contributed by atoms with van der Waals surface area (Å²) >= 11 is 0. The zero-order valence-corrected chi connectivity index (χ0v) is 14.5. The van der Waals surface area contributed by atoms with Crippen LogP contribution in [0.3, 0.4) is 0 Å². The summed E-state index contributed by atoms with van der Waals surface area (Å²) in [6.07, 6.45) is -4.69.